The second-order valence-corrected chi connectivity index (χ2v) is 15.2. The van der Waals surface area contributed by atoms with Crippen LogP contribution >= 0.6 is 0 Å². The maximum absolute atomic E-state index is 12.2. The van der Waals surface area contributed by atoms with E-state index in [2.05, 4.69) is 27.4 Å². The van der Waals surface area contributed by atoms with Gasteiger partial charge in [-0.3, -0.25) is 23.9 Å². The van der Waals surface area contributed by atoms with E-state index in [0.29, 0.717) is 28.7 Å². The predicted molar refractivity (Wildman–Crippen MR) is 196 cm³/mol. The number of aromatic amines is 1. The van der Waals surface area contributed by atoms with Gasteiger partial charge in [-0.1, -0.05) is 55.3 Å². The fraction of sp³-hybridized carbons (Fsp3) is 0.486. The van der Waals surface area contributed by atoms with Crippen molar-refractivity contribution in [3.63, 3.8) is 0 Å². The first-order chi connectivity index (χ1) is 23.9. The van der Waals surface area contributed by atoms with E-state index >= 15 is 0 Å². The average molecular weight is 710 g/mol. The van der Waals surface area contributed by atoms with E-state index in [1.807, 2.05) is 44.3 Å². The summed E-state index contributed by atoms with van der Waals surface area (Å²) in [5.41, 5.74) is 2.29. The Bertz CT molecular complexity index is 1750. The van der Waals surface area contributed by atoms with E-state index in [4.69, 9.17) is 4.74 Å². The number of nitrogens with one attached hydrogen (secondary N) is 3. The van der Waals surface area contributed by atoms with Gasteiger partial charge in [-0.25, -0.2) is 13.4 Å². The summed E-state index contributed by atoms with van der Waals surface area (Å²) in [5, 5.41) is 3.20. The van der Waals surface area contributed by atoms with Gasteiger partial charge < -0.3 is 19.9 Å². The lowest BCUT2D eigenvalue weighted by atomic mass is 10.1. The quantitative estimate of drug-likeness (QED) is 0.121. The number of carbonyl (C=O) groups excluding carboxylic acids is 3. The summed E-state index contributed by atoms with van der Waals surface area (Å²) in [6, 6.07) is 13.5. The number of carbonyl (C=O) groups is 3. The van der Waals surface area contributed by atoms with Crippen LogP contribution in [0.25, 0.3) is 22.3 Å². The van der Waals surface area contributed by atoms with Crippen LogP contribution in [-0.4, -0.2) is 74.0 Å². The van der Waals surface area contributed by atoms with Gasteiger partial charge in [-0.05, 0) is 77.3 Å². The number of methoxy groups -OCH3 is 1. The first-order valence-electron chi connectivity index (χ1n) is 17.1. The van der Waals surface area contributed by atoms with Crippen LogP contribution < -0.4 is 20.3 Å². The lowest BCUT2D eigenvalue weighted by molar-refractivity contribution is -0.125. The van der Waals surface area contributed by atoms with Gasteiger partial charge in [-0.2, -0.15) is 0 Å². The van der Waals surface area contributed by atoms with Gasteiger partial charge in [0.2, 0.25) is 28.8 Å². The largest absolute Gasteiger partial charge is 0.496 e. The number of aryl methyl sites for hydroxylation is 1. The molecular formula is C37H51N5O7S. The molecule has 2 aliphatic rings. The molecule has 50 heavy (non-hydrogen) atoms. The van der Waals surface area contributed by atoms with Crippen LogP contribution in [0.15, 0.2) is 59.4 Å². The van der Waals surface area contributed by atoms with Crippen molar-refractivity contribution >= 4 is 39.7 Å². The van der Waals surface area contributed by atoms with Crippen molar-refractivity contribution in [2.45, 2.75) is 83.4 Å². The molecular weight excluding hydrogens is 659 g/mol. The van der Waals surface area contributed by atoms with Gasteiger partial charge in [0.15, 0.2) is 0 Å². The molecule has 3 aromatic rings. The van der Waals surface area contributed by atoms with E-state index in [0.717, 1.165) is 68.4 Å². The Balaban J connectivity index is 0.000000219. The van der Waals surface area contributed by atoms with Gasteiger partial charge >= 0.3 is 0 Å². The van der Waals surface area contributed by atoms with Crippen molar-refractivity contribution < 1.29 is 27.5 Å². The minimum absolute atomic E-state index is 0.139. The summed E-state index contributed by atoms with van der Waals surface area (Å²) in [6.45, 7) is 5.72. The Hall–Kier alpha value is -4.52. The number of ether oxygens (including phenoxy) is 1. The number of hydrogen-bond donors (Lipinski definition) is 3. The highest BCUT2D eigenvalue weighted by molar-refractivity contribution is 7.90. The molecule has 1 aromatic heterocycles. The number of amides is 3. The molecule has 2 fully saturated rings. The van der Waals surface area contributed by atoms with Crippen LogP contribution in [0.1, 0.15) is 70.8 Å². The number of sulfonamides is 1. The van der Waals surface area contributed by atoms with Crippen molar-refractivity contribution in [2.75, 3.05) is 20.7 Å². The number of rotatable bonds is 14. The number of nitrogens with zero attached hydrogens (tertiary/aromatic N) is 2. The molecule has 13 heteroatoms. The Kier molecular flexibility index (Phi) is 15.7. The second kappa shape index (κ2) is 19.6. The Morgan fingerprint density at radius 3 is 2.40 bits per heavy atom. The second-order valence-electron chi connectivity index (χ2n) is 12.9. The molecule has 0 bridgehead atoms. The van der Waals surface area contributed by atoms with Crippen molar-refractivity contribution in [2.24, 2.45) is 11.8 Å². The molecule has 2 aliphatic carbocycles. The minimum atomic E-state index is -3.37. The number of unbranched alkanes of at least 4 members (excludes halogenated alkanes) is 2. The number of fused-ring (bicyclic) bond motifs is 1. The monoisotopic (exact) mass is 709 g/mol. The molecule has 0 aliphatic heterocycles. The molecule has 272 valence electrons. The fourth-order valence-corrected chi connectivity index (χ4v) is 5.92. The summed E-state index contributed by atoms with van der Waals surface area (Å²) in [4.78, 5) is 53.3. The molecule has 0 saturated heterocycles. The highest BCUT2D eigenvalue weighted by atomic mass is 32.2. The SMILES string of the molecule is CC(C)S(=O)(=O)NC=O.CN(C=O)CCCC/C=C\[C@@H]1C[C@H]1NC(=O)C1CCCC1.COc1ccc2c(=O)[nH]c(-c3ccccc3)nc2c1C. The summed E-state index contributed by atoms with van der Waals surface area (Å²) in [7, 11) is 0.0544. The third kappa shape index (κ3) is 12.1. The molecule has 0 radical (unpaired) electrons. The molecule has 2 saturated carbocycles. The maximum atomic E-state index is 12.2. The van der Waals surface area contributed by atoms with E-state index in [1.54, 1.807) is 28.9 Å². The molecule has 0 unspecified atom stereocenters. The van der Waals surface area contributed by atoms with Gasteiger partial charge in [0.25, 0.3) is 5.56 Å². The summed E-state index contributed by atoms with van der Waals surface area (Å²) < 4.78 is 28.2. The van der Waals surface area contributed by atoms with Crippen molar-refractivity contribution in [3.8, 4) is 17.1 Å². The summed E-state index contributed by atoms with van der Waals surface area (Å²) in [6.07, 6.45) is 14.4. The fourth-order valence-electron chi connectivity index (χ4n) is 5.51. The van der Waals surface area contributed by atoms with Gasteiger partial charge in [0.1, 0.15) is 11.6 Å². The highest BCUT2D eigenvalue weighted by Crippen LogP contribution is 2.33. The smallest absolute Gasteiger partial charge is 0.259 e. The third-order valence-electron chi connectivity index (χ3n) is 8.77. The number of aromatic nitrogens is 2. The molecule has 3 N–H and O–H groups in total. The van der Waals surface area contributed by atoms with E-state index in [9.17, 15) is 27.6 Å². The zero-order valence-corrected chi connectivity index (χ0v) is 30.5. The number of benzene rings is 2. The van der Waals surface area contributed by atoms with Gasteiger partial charge in [0, 0.05) is 36.7 Å². The van der Waals surface area contributed by atoms with Gasteiger partial charge in [-0.15, -0.1) is 0 Å². The number of allylic oxidation sites excluding steroid dienone is 1. The molecule has 12 nitrogen and oxygen atoms in total. The van der Waals surface area contributed by atoms with Crippen molar-refractivity contribution in [3.05, 3.63) is 70.5 Å². The molecule has 2 atom stereocenters. The molecule has 5 rings (SSSR count). The zero-order chi connectivity index (χ0) is 36.7. The van der Waals surface area contributed by atoms with E-state index < -0.39 is 15.3 Å². The summed E-state index contributed by atoms with van der Waals surface area (Å²) >= 11 is 0. The van der Waals surface area contributed by atoms with E-state index in [-0.39, 0.29) is 23.8 Å². The summed E-state index contributed by atoms with van der Waals surface area (Å²) in [5.74, 6) is 2.41. The van der Waals surface area contributed by atoms with Crippen LogP contribution in [0.3, 0.4) is 0 Å². The lowest BCUT2D eigenvalue weighted by Gasteiger charge is -2.09. The predicted octanol–water partition coefficient (Wildman–Crippen LogP) is 4.87. The normalized spacial score (nSPS) is 16.9. The van der Waals surface area contributed by atoms with Crippen LogP contribution in [0, 0.1) is 18.8 Å². The number of hydrogen-bond acceptors (Lipinski definition) is 8. The van der Waals surface area contributed by atoms with Crippen LogP contribution in [0.5, 0.6) is 5.75 Å². The first-order valence-corrected chi connectivity index (χ1v) is 18.7. The van der Waals surface area contributed by atoms with Crippen LogP contribution in [0.2, 0.25) is 0 Å². The van der Waals surface area contributed by atoms with E-state index in [1.165, 1.54) is 26.7 Å². The molecule has 2 aromatic carbocycles. The molecule has 3 amide bonds. The Labute approximate surface area is 295 Å². The standard InChI is InChI=1S/C17H28N2O2.C16H14N2O2.C4H9NO3S/c1-19(13-20)11-7-3-2-4-10-15-12-16(15)18-17(21)14-8-5-6-9-14;1-10-13(20-2)9-8-12-14(10)17-15(18-16(12)19)11-6-4-3-5-7-11;1-4(2)9(7,8)5-3-6/h4,10,13-16H,2-3,5-9,11-12H2,1H3,(H,18,21);3-9H,1-2H3,(H,17,18,19);3-4H,1-2H3,(H,5,6)/b10-4-;;/t15-,16-;;/m1../s1. The molecule has 0 spiro atoms. The van der Waals surface area contributed by atoms with Crippen LogP contribution in [0.4, 0.5) is 0 Å². The molecule has 1 heterocycles. The maximum Gasteiger partial charge on any atom is 0.259 e. The minimum Gasteiger partial charge on any atom is -0.496 e. The Morgan fingerprint density at radius 1 is 1.10 bits per heavy atom. The highest BCUT2D eigenvalue weighted by Gasteiger charge is 2.37. The van der Waals surface area contributed by atoms with Crippen molar-refractivity contribution in [1.82, 2.24) is 24.9 Å². The first kappa shape index (κ1) is 39.9. The Morgan fingerprint density at radius 2 is 1.80 bits per heavy atom. The van der Waals surface area contributed by atoms with Crippen molar-refractivity contribution in [1.29, 1.82) is 0 Å². The topological polar surface area (TPSA) is 168 Å². The van der Waals surface area contributed by atoms with Gasteiger partial charge in [0.05, 0.1) is 23.3 Å². The van der Waals surface area contributed by atoms with Crippen LogP contribution in [-0.2, 0) is 24.4 Å². The lowest BCUT2D eigenvalue weighted by Crippen LogP contribution is -2.31. The zero-order valence-electron chi connectivity index (χ0n) is 29.7. The number of H-pyrrole nitrogens is 1. The average Bonchev–Trinajstić information content (AvgIpc) is 3.58. The third-order valence-corrected chi connectivity index (χ3v) is 10.4.